The molecule has 1 N–H and O–H groups in total. The molecule has 10 heteroatoms. The second-order valence-electron chi connectivity index (χ2n) is 11.3. The first kappa shape index (κ1) is 28.7. The number of hydrogen-bond acceptors (Lipinski definition) is 5. The van der Waals surface area contributed by atoms with Gasteiger partial charge >= 0.3 is 0 Å². The molecule has 45 heavy (non-hydrogen) atoms. The fourth-order valence-electron chi connectivity index (χ4n) is 6.17. The van der Waals surface area contributed by atoms with E-state index in [2.05, 4.69) is 5.32 Å². The molecule has 0 bridgehead atoms. The van der Waals surface area contributed by atoms with Gasteiger partial charge in [0.15, 0.2) is 4.80 Å². The van der Waals surface area contributed by atoms with Crippen molar-refractivity contribution in [2.75, 3.05) is 18.4 Å². The minimum absolute atomic E-state index is 0.0789. The molecule has 1 atom stereocenters. The first-order valence-electron chi connectivity index (χ1n) is 14.9. The summed E-state index contributed by atoms with van der Waals surface area (Å²) in [6.07, 6.45) is 5.79. The molecule has 3 aromatic carbocycles. The van der Waals surface area contributed by atoms with Crippen LogP contribution in [-0.4, -0.2) is 38.9 Å². The predicted molar refractivity (Wildman–Crippen MR) is 173 cm³/mol. The van der Waals surface area contributed by atoms with Crippen LogP contribution < -0.4 is 20.2 Å². The maximum Gasteiger partial charge on any atom is 0.271 e. The second-order valence-corrected chi connectivity index (χ2v) is 12.3. The Bertz CT molecular complexity index is 2160. The first-order valence-corrected chi connectivity index (χ1v) is 15.7. The van der Waals surface area contributed by atoms with Gasteiger partial charge in [0, 0.05) is 41.4 Å². The van der Waals surface area contributed by atoms with Crippen LogP contribution in [0.4, 0.5) is 10.1 Å². The molecule has 4 heterocycles. The zero-order valence-electron chi connectivity index (χ0n) is 24.6. The van der Waals surface area contributed by atoms with Crippen LogP contribution >= 0.6 is 11.3 Å². The minimum Gasteiger partial charge on any atom is -0.341 e. The quantitative estimate of drug-likeness (QED) is 0.302. The fourth-order valence-corrected chi connectivity index (χ4v) is 7.20. The van der Waals surface area contributed by atoms with E-state index in [1.54, 1.807) is 31.2 Å². The third-order valence-electron chi connectivity index (χ3n) is 8.35. The number of thiazole rings is 1. The second kappa shape index (κ2) is 11.8. The van der Waals surface area contributed by atoms with Gasteiger partial charge in [-0.1, -0.05) is 59.9 Å². The Morgan fingerprint density at radius 3 is 2.47 bits per heavy atom. The van der Waals surface area contributed by atoms with Crippen LogP contribution in [0.5, 0.6) is 0 Å². The molecule has 2 aliphatic rings. The molecule has 2 amide bonds. The third-order valence-corrected chi connectivity index (χ3v) is 9.34. The van der Waals surface area contributed by atoms with Crippen molar-refractivity contribution in [2.45, 2.75) is 32.4 Å². The molecule has 2 aliphatic heterocycles. The van der Waals surface area contributed by atoms with Crippen molar-refractivity contribution in [2.24, 2.45) is 4.99 Å². The molecule has 0 unspecified atom stereocenters. The summed E-state index contributed by atoms with van der Waals surface area (Å²) in [5.41, 5.74) is 3.39. The van der Waals surface area contributed by atoms with E-state index in [4.69, 9.17) is 4.99 Å². The van der Waals surface area contributed by atoms with Gasteiger partial charge in [0.25, 0.3) is 11.5 Å². The van der Waals surface area contributed by atoms with E-state index in [0.29, 0.717) is 31.9 Å². The lowest BCUT2D eigenvalue weighted by atomic mass is 9.95. The number of allylic oxidation sites excluding steroid dienone is 1. The fraction of sp³-hybridized carbons (Fsp3) is 0.200. The van der Waals surface area contributed by atoms with Crippen molar-refractivity contribution >= 4 is 45.8 Å². The van der Waals surface area contributed by atoms with E-state index in [1.807, 2.05) is 64.2 Å². The van der Waals surface area contributed by atoms with Crippen LogP contribution in [0.1, 0.15) is 36.9 Å². The molecular formula is C35H30FN5O3S. The molecule has 8 nitrogen and oxygen atoms in total. The number of nitrogens with one attached hydrogen (secondary N) is 1. The molecular weight excluding hydrogens is 589 g/mol. The lowest BCUT2D eigenvalue weighted by molar-refractivity contribution is -0.130. The van der Waals surface area contributed by atoms with Crippen LogP contribution in [0.15, 0.2) is 106 Å². The Balaban J connectivity index is 1.33. The van der Waals surface area contributed by atoms with Crippen LogP contribution in [0, 0.1) is 5.82 Å². The average molecular weight is 620 g/mol. The van der Waals surface area contributed by atoms with E-state index >= 15 is 0 Å². The Labute approximate surface area is 262 Å². The Kier molecular flexibility index (Phi) is 7.50. The van der Waals surface area contributed by atoms with Crippen molar-refractivity contribution in [3.05, 3.63) is 133 Å². The van der Waals surface area contributed by atoms with Crippen LogP contribution in [0.25, 0.3) is 17.0 Å². The molecule has 1 fully saturated rings. The van der Waals surface area contributed by atoms with Gasteiger partial charge in [0.1, 0.15) is 12.4 Å². The molecule has 2 aromatic heterocycles. The van der Waals surface area contributed by atoms with Crippen LogP contribution in [-0.2, 0) is 16.1 Å². The lowest BCUT2D eigenvalue weighted by Gasteiger charge is -2.25. The molecule has 0 radical (unpaired) electrons. The normalized spacial score (nSPS) is 16.6. The topological polar surface area (TPSA) is 88.7 Å². The molecule has 0 saturated carbocycles. The van der Waals surface area contributed by atoms with Gasteiger partial charge in [0.05, 0.1) is 21.8 Å². The Morgan fingerprint density at radius 2 is 1.71 bits per heavy atom. The molecule has 1 saturated heterocycles. The number of benzene rings is 3. The van der Waals surface area contributed by atoms with E-state index < -0.39 is 17.8 Å². The van der Waals surface area contributed by atoms with Gasteiger partial charge in [-0.2, -0.15) is 0 Å². The van der Waals surface area contributed by atoms with Gasteiger partial charge in [-0.15, -0.1) is 0 Å². The molecule has 5 aromatic rings. The summed E-state index contributed by atoms with van der Waals surface area (Å²) in [6.45, 7) is 3.54. The summed E-state index contributed by atoms with van der Waals surface area (Å²) >= 11 is 1.24. The van der Waals surface area contributed by atoms with Crippen molar-refractivity contribution in [3.63, 3.8) is 0 Å². The Hall–Kier alpha value is -5.09. The third kappa shape index (κ3) is 5.42. The predicted octanol–water partition coefficient (Wildman–Crippen LogP) is 4.59. The van der Waals surface area contributed by atoms with E-state index in [9.17, 15) is 18.8 Å². The monoisotopic (exact) mass is 619 g/mol. The van der Waals surface area contributed by atoms with Crippen LogP contribution in [0.3, 0.4) is 0 Å². The summed E-state index contributed by atoms with van der Waals surface area (Å²) in [5.74, 6) is -0.728. The Morgan fingerprint density at radius 1 is 1.00 bits per heavy atom. The maximum atomic E-state index is 14.2. The summed E-state index contributed by atoms with van der Waals surface area (Å²) in [5, 5.41) is 3.85. The number of amides is 2. The number of fused-ring (bicyclic) bond motifs is 2. The minimum atomic E-state index is -0.813. The summed E-state index contributed by atoms with van der Waals surface area (Å²) in [6, 6.07) is 21.9. The highest BCUT2D eigenvalue weighted by Crippen LogP contribution is 2.31. The number of carbonyl (C=O) groups is 2. The molecule has 0 spiro atoms. The number of rotatable bonds is 6. The first-order chi connectivity index (χ1) is 21.9. The lowest BCUT2D eigenvalue weighted by Crippen LogP contribution is -2.40. The molecule has 0 aliphatic carbocycles. The highest BCUT2D eigenvalue weighted by Gasteiger charge is 2.32. The van der Waals surface area contributed by atoms with E-state index in [0.717, 1.165) is 42.4 Å². The largest absolute Gasteiger partial charge is 0.341 e. The van der Waals surface area contributed by atoms with Crippen molar-refractivity contribution in [1.29, 1.82) is 0 Å². The van der Waals surface area contributed by atoms with Crippen molar-refractivity contribution in [1.82, 2.24) is 14.0 Å². The number of halogens is 1. The number of likely N-dealkylation sites (tertiary alicyclic amines) is 1. The highest BCUT2D eigenvalue weighted by atomic mass is 32.1. The van der Waals surface area contributed by atoms with Gasteiger partial charge in [-0.3, -0.25) is 19.0 Å². The van der Waals surface area contributed by atoms with Crippen LogP contribution in [0.2, 0.25) is 0 Å². The summed E-state index contributed by atoms with van der Waals surface area (Å²) in [7, 11) is 0. The smallest absolute Gasteiger partial charge is 0.271 e. The number of nitrogens with zero attached hydrogens (tertiary/aromatic N) is 4. The van der Waals surface area contributed by atoms with E-state index in [-0.39, 0.29) is 18.0 Å². The maximum absolute atomic E-state index is 14.2. The number of aromatic nitrogens is 2. The average Bonchev–Trinajstić information content (AvgIpc) is 3.77. The summed E-state index contributed by atoms with van der Waals surface area (Å²) < 4.78 is 17.9. The van der Waals surface area contributed by atoms with Crippen molar-refractivity contribution in [3.8, 4) is 0 Å². The van der Waals surface area contributed by atoms with Gasteiger partial charge in [0.2, 0.25) is 5.91 Å². The summed E-state index contributed by atoms with van der Waals surface area (Å²) in [4.78, 5) is 48.0. The van der Waals surface area contributed by atoms with Gasteiger partial charge in [-0.05, 0) is 61.7 Å². The number of anilines is 1. The van der Waals surface area contributed by atoms with Gasteiger partial charge < -0.3 is 14.8 Å². The molecule has 226 valence electrons. The SMILES string of the molecule is CC1=C(C(=O)Nc2ccccc2)[C@H](c2ccc(F)cc2)n2c(s/c(=C/c3cn(CC(=O)N4CCCC4)c4ccccc34)c2=O)=N1. The van der Waals surface area contributed by atoms with Crippen molar-refractivity contribution < 1.29 is 14.0 Å². The van der Waals surface area contributed by atoms with Gasteiger partial charge in [-0.25, -0.2) is 9.38 Å². The molecule has 7 rings (SSSR count). The van der Waals surface area contributed by atoms with E-state index in [1.165, 1.54) is 28.0 Å². The zero-order valence-corrected chi connectivity index (χ0v) is 25.4. The number of hydrogen-bond donors (Lipinski definition) is 1. The standard InChI is InChI=1S/C35H30FN5O3S/c1-22-31(33(43)38-26-9-3-2-4-10-26)32(23-13-15-25(36)16-14-23)41-34(44)29(45-35(41)37-22)19-24-20-40(28-12-6-5-11-27(24)28)21-30(42)39-17-7-8-18-39/h2-6,9-16,19-20,32H,7-8,17-18,21H2,1H3,(H,38,43)/b29-19+/t32-/m0/s1. The number of carbonyl (C=O) groups excluding carboxylic acids is 2. The highest BCUT2D eigenvalue weighted by molar-refractivity contribution is 7.07. The zero-order chi connectivity index (χ0) is 31.1. The number of para-hydroxylation sites is 2.